The maximum atomic E-state index is 10.6. The highest BCUT2D eigenvalue weighted by molar-refractivity contribution is 7.79. The van der Waals surface area contributed by atoms with E-state index in [1.54, 1.807) is 12.1 Å². The second kappa shape index (κ2) is 7.48. The van der Waals surface area contributed by atoms with Crippen molar-refractivity contribution in [3.8, 4) is 0 Å². The summed E-state index contributed by atoms with van der Waals surface area (Å²) >= 11 is -1.70. The molecular weight excluding hydrogens is 294 g/mol. The van der Waals surface area contributed by atoms with Crippen LogP contribution in [0, 0.1) is 10.1 Å². The van der Waals surface area contributed by atoms with Crippen LogP contribution in [0.5, 0.6) is 0 Å². The summed E-state index contributed by atoms with van der Waals surface area (Å²) in [5, 5.41) is 10.6. The van der Waals surface area contributed by atoms with Crippen molar-refractivity contribution >= 4 is 22.5 Å². The Labute approximate surface area is 126 Å². The zero-order chi connectivity index (χ0) is 15.2. The van der Waals surface area contributed by atoms with E-state index in [4.69, 9.17) is 4.55 Å². The molecule has 1 saturated heterocycles. The zero-order valence-electron chi connectivity index (χ0n) is 11.7. The van der Waals surface area contributed by atoms with Crippen LogP contribution < -0.4 is 4.90 Å². The van der Waals surface area contributed by atoms with Gasteiger partial charge in [-0.3, -0.25) is 15.0 Å². The average Bonchev–Trinajstić information content (AvgIpc) is 2.48. The topological polar surface area (TPSA) is 86.9 Å². The third-order valence-corrected chi connectivity index (χ3v) is 4.23. The summed E-state index contributed by atoms with van der Waals surface area (Å²) < 4.78 is 19.3. The fourth-order valence-electron chi connectivity index (χ4n) is 2.43. The number of rotatable bonds is 6. The summed E-state index contributed by atoms with van der Waals surface area (Å²) in [5.74, 6) is 0.322. The lowest BCUT2D eigenvalue weighted by molar-refractivity contribution is -0.384. The molecule has 2 rings (SSSR count). The molecule has 1 heterocycles. The molecule has 21 heavy (non-hydrogen) atoms. The molecule has 8 heteroatoms. The molecule has 7 nitrogen and oxygen atoms in total. The Balaban J connectivity index is 1.80. The van der Waals surface area contributed by atoms with Gasteiger partial charge in [0, 0.05) is 44.0 Å². The Morgan fingerprint density at radius 3 is 2.33 bits per heavy atom. The molecule has 0 bridgehead atoms. The van der Waals surface area contributed by atoms with Crippen molar-refractivity contribution in [1.82, 2.24) is 4.90 Å². The summed E-state index contributed by atoms with van der Waals surface area (Å²) in [7, 11) is 0. The lowest BCUT2D eigenvalue weighted by Gasteiger charge is -2.36. The van der Waals surface area contributed by atoms with Crippen LogP contribution in [0.25, 0.3) is 0 Å². The van der Waals surface area contributed by atoms with E-state index in [2.05, 4.69) is 9.80 Å². The molecule has 116 valence electrons. The summed E-state index contributed by atoms with van der Waals surface area (Å²) in [5.41, 5.74) is 1.10. The van der Waals surface area contributed by atoms with Gasteiger partial charge in [0.05, 0.1) is 10.7 Å². The molecule has 0 aromatic heterocycles. The molecule has 0 spiro atoms. The number of nitrogens with zero attached hydrogens (tertiary/aromatic N) is 3. The van der Waals surface area contributed by atoms with Gasteiger partial charge in [-0.25, -0.2) is 4.21 Å². The average molecular weight is 313 g/mol. The third-order valence-electron chi connectivity index (χ3n) is 3.59. The van der Waals surface area contributed by atoms with Crippen LogP contribution in [-0.4, -0.2) is 57.1 Å². The molecule has 1 atom stereocenters. The van der Waals surface area contributed by atoms with Gasteiger partial charge in [0.15, 0.2) is 11.1 Å². The first-order chi connectivity index (χ1) is 10.1. The molecule has 1 aliphatic heterocycles. The first-order valence-electron chi connectivity index (χ1n) is 6.85. The van der Waals surface area contributed by atoms with Crippen molar-refractivity contribution in [1.29, 1.82) is 0 Å². The molecule has 1 N–H and O–H groups in total. The summed E-state index contributed by atoms with van der Waals surface area (Å²) in [4.78, 5) is 14.7. The SMILES string of the molecule is O=[N+]([O-])c1ccc(N2CCN(CCCS(=O)O)CC2)cc1. The van der Waals surface area contributed by atoms with Crippen LogP contribution in [0.4, 0.5) is 11.4 Å². The first-order valence-corrected chi connectivity index (χ1v) is 8.13. The molecule has 0 radical (unpaired) electrons. The number of hydrogen-bond acceptors (Lipinski definition) is 5. The molecule has 1 unspecified atom stereocenters. The summed E-state index contributed by atoms with van der Waals surface area (Å²) in [6.07, 6.45) is 0.723. The van der Waals surface area contributed by atoms with Crippen LogP contribution in [-0.2, 0) is 11.1 Å². The van der Waals surface area contributed by atoms with E-state index in [0.29, 0.717) is 5.75 Å². The van der Waals surface area contributed by atoms with Gasteiger partial charge in [0.1, 0.15) is 0 Å². The maximum Gasteiger partial charge on any atom is 0.269 e. The number of benzene rings is 1. The Bertz CT molecular complexity index is 501. The maximum absolute atomic E-state index is 10.6. The van der Waals surface area contributed by atoms with E-state index in [1.165, 1.54) is 12.1 Å². The van der Waals surface area contributed by atoms with Crippen LogP contribution >= 0.6 is 0 Å². The van der Waals surface area contributed by atoms with Gasteiger partial charge in [-0.15, -0.1) is 0 Å². The summed E-state index contributed by atoms with van der Waals surface area (Å²) in [6.45, 7) is 4.35. The summed E-state index contributed by atoms with van der Waals surface area (Å²) in [6, 6.07) is 6.61. The van der Waals surface area contributed by atoms with Gasteiger partial charge in [0.25, 0.3) is 5.69 Å². The van der Waals surface area contributed by atoms with Gasteiger partial charge in [-0.05, 0) is 25.1 Å². The van der Waals surface area contributed by atoms with Gasteiger partial charge in [-0.1, -0.05) is 0 Å². The van der Waals surface area contributed by atoms with E-state index in [9.17, 15) is 14.3 Å². The minimum absolute atomic E-state index is 0.106. The molecule has 1 fully saturated rings. The molecular formula is C13H19N3O4S. The Kier molecular flexibility index (Phi) is 5.66. The number of anilines is 1. The second-order valence-electron chi connectivity index (χ2n) is 4.98. The number of piperazine rings is 1. The third kappa shape index (κ3) is 4.76. The van der Waals surface area contributed by atoms with Crippen molar-refractivity contribution in [3.05, 3.63) is 34.4 Å². The highest BCUT2D eigenvalue weighted by Crippen LogP contribution is 2.20. The molecule has 1 aromatic rings. The predicted molar refractivity (Wildman–Crippen MR) is 82.0 cm³/mol. The van der Waals surface area contributed by atoms with E-state index in [0.717, 1.165) is 44.8 Å². The predicted octanol–water partition coefficient (Wildman–Crippen LogP) is 1.33. The van der Waals surface area contributed by atoms with Gasteiger partial charge >= 0.3 is 0 Å². The van der Waals surface area contributed by atoms with Gasteiger partial charge in [-0.2, -0.15) is 0 Å². The normalized spacial score (nSPS) is 17.7. The molecule has 0 amide bonds. The first kappa shape index (κ1) is 15.9. The fourth-order valence-corrected chi connectivity index (χ4v) is 2.80. The van der Waals surface area contributed by atoms with E-state index in [-0.39, 0.29) is 5.69 Å². The number of nitro benzene ring substituents is 1. The number of non-ortho nitro benzene ring substituents is 1. The van der Waals surface area contributed by atoms with Crippen molar-refractivity contribution in [2.45, 2.75) is 6.42 Å². The molecule has 0 saturated carbocycles. The minimum atomic E-state index is -1.70. The van der Waals surface area contributed by atoms with Crippen molar-refractivity contribution < 1.29 is 13.7 Å². The van der Waals surface area contributed by atoms with Crippen LogP contribution in [0.2, 0.25) is 0 Å². The van der Waals surface area contributed by atoms with E-state index < -0.39 is 16.0 Å². The quantitative estimate of drug-likeness (QED) is 0.484. The number of nitro groups is 1. The van der Waals surface area contributed by atoms with E-state index >= 15 is 0 Å². The monoisotopic (exact) mass is 313 g/mol. The second-order valence-corrected chi connectivity index (χ2v) is 6.03. The minimum Gasteiger partial charge on any atom is -0.369 e. The Morgan fingerprint density at radius 2 is 1.81 bits per heavy atom. The highest BCUT2D eigenvalue weighted by atomic mass is 32.2. The smallest absolute Gasteiger partial charge is 0.269 e. The van der Waals surface area contributed by atoms with E-state index in [1.807, 2.05) is 0 Å². The molecule has 1 aliphatic rings. The fraction of sp³-hybridized carbons (Fsp3) is 0.538. The molecule has 1 aromatic carbocycles. The number of hydrogen-bond donors (Lipinski definition) is 1. The standard InChI is InChI=1S/C13H19N3O4S/c17-16(18)13-4-2-12(3-5-13)15-9-7-14(8-10-15)6-1-11-21(19)20/h2-5H,1,6-11H2,(H,19,20). The van der Waals surface area contributed by atoms with Crippen LogP contribution in [0.15, 0.2) is 24.3 Å². The van der Waals surface area contributed by atoms with Crippen LogP contribution in [0.1, 0.15) is 6.42 Å². The largest absolute Gasteiger partial charge is 0.369 e. The molecule has 0 aliphatic carbocycles. The van der Waals surface area contributed by atoms with Crippen LogP contribution in [0.3, 0.4) is 0 Å². The Morgan fingerprint density at radius 1 is 1.19 bits per heavy atom. The van der Waals surface area contributed by atoms with Crippen molar-refractivity contribution in [3.63, 3.8) is 0 Å². The van der Waals surface area contributed by atoms with Crippen molar-refractivity contribution in [2.24, 2.45) is 0 Å². The zero-order valence-corrected chi connectivity index (χ0v) is 12.5. The van der Waals surface area contributed by atoms with Gasteiger partial charge in [0.2, 0.25) is 0 Å². The Hall–Kier alpha value is -1.51. The lowest BCUT2D eigenvalue weighted by atomic mass is 10.2. The van der Waals surface area contributed by atoms with Gasteiger partial charge < -0.3 is 9.45 Å². The highest BCUT2D eigenvalue weighted by Gasteiger charge is 2.17. The lowest BCUT2D eigenvalue weighted by Crippen LogP contribution is -2.46. The van der Waals surface area contributed by atoms with Crippen molar-refractivity contribution in [2.75, 3.05) is 43.4 Å².